The van der Waals surface area contributed by atoms with Crippen LogP contribution in [0.1, 0.15) is 79.6 Å². The summed E-state index contributed by atoms with van der Waals surface area (Å²) in [5.41, 5.74) is 3.69. The van der Waals surface area contributed by atoms with Crippen LogP contribution in [0.15, 0.2) is 42.6 Å². The van der Waals surface area contributed by atoms with Gasteiger partial charge in [0, 0.05) is 53.2 Å². The van der Waals surface area contributed by atoms with Gasteiger partial charge in [-0.15, -0.1) is 0 Å². The van der Waals surface area contributed by atoms with Crippen LogP contribution < -0.4 is 10.6 Å². The monoisotopic (exact) mass is 610 g/mol. The van der Waals surface area contributed by atoms with Gasteiger partial charge >= 0.3 is 0 Å². The molecule has 0 radical (unpaired) electrons. The first-order chi connectivity index (χ1) is 16.9. The van der Waals surface area contributed by atoms with E-state index >= 15 is 0 Å². The van der Waals surface area contributed by atoms with E-state index in [1.165, 1.54) is 6.08 Å². The van der Waals surface area contributed by atoms with Crippen molar-refractivity contribution in [3.05, 3.63) is 68.6 Å². The maximum Gasteiger partial charge on any atom is 0.270 e. The molecule has 1 aromatic heterocycles. The molecule has 36 heavy (non-hydrogen) atoms. The molecule has 1 saturated carbocycles. The highest BCUT2D eigenvalue weighted by molar-refractivity contribution is 14.1. The zero-order valence-corrected chi connectivity index (χ0v) is 24.0. The van der Waals surface area contributed by atoms with Crippen molar-refractivity contribution >= 4 is 34.2 Å². The minimum Gasteiger partial charge on any atom is -0.381 e. The van der Waals surface area contributed by atoms with E-state index in [4.69, 9.17) is 0 Å². The number of alkyl halides is 2. The summed E-state index contributed by atoms with van der Waals surface area (Å²) in [5, 5.41) is 11.1. The van der Waals surface area contributed by atoms with E-state index in [0.29, 0.717) is 17.8 Å². The first-order valence-electron chi connectivity index (χ1n) is 12.5. The van der Waals surface area contributed by atoms with E-state index < -0.39 is 5.92 Å². The SMILES string of the molecule is C=C(/C=C(/N[C@H]1CCCCC1CNC(=O)c1cn(C)nc1C(C)C)c1cc(I)ccc1C)C(C)(F)F. The molecule has 1 fully saturated rings. The summed E-state index contributed by atoms with van der Waals surface area (Å²) in [7, 11) is 1.82. The molecule has 1 heterocycles. The van der Waals surface area contributed by atoms with Crippen molar-refractivity contribution in [3.8, 4) is 0 Å². The Morgan fingerprint density at radius 3 is 2.67 bits per heavy atom. The Morgan fingerprint density at radius 1 is 1.31 bits per heavy atom. The lowest BCUT2D eigenvalue weighted by atomic mass is 9.83. The Balaban J connectivity index is 1.82. The van der Waals surface area contributed by atoms with E-state index in [2.05, 4.69) is 44.9 Å². The molecule has 1 aliphatic carbocycles. The predicted molar refractivity (Wildman–Crippen MR) is 150 cm³/mol. The van der Waals surface area contributed by atoms with E-state index in [-0.39, 0.29) is 29.4 Å². The summed E-state index contributed by atoms with van der Waals surface area (Å²) in [6.07, 6.45) is 7.22. The average Bonchev–Trinajstić information content (AvgIpc) is 3.21. The lowest BCUT2D eigenvalue weighted by Crippen LogP contribution is -2.43. The lowest BCUT2D eigenvalue weighted by molar-refractivity contribution is 0.0680. The Kier molecular flexibility index (Phi) is 9.35. The molecule has 1 amide bonds. The Hall–Kier alpha value is -2.23. The van der Waals surface area contributed by atoms with Gasteiger partial charge in [-0.1, -0.05) is 39.3 Å². The number of carbonyl (C=O) groups excluding carboxylic acids is 1. The first-order valence-corrected chi connectivity index (χ1v) is 13.6. The zero-order valence-electron chi connectivity index (χ0n) is 21.8. The molecular formula is C28H37F2IN4O. The molecule has 1 aromatic carbocycles. The van der Waals surface area contributed by atoms with Gasteiger partial charge in [0.1, 0.15) is 0 Å². The van der Waals surface area contributed by atoms with Crippen LogP contribution in [0, 0.1) is 16.4 Å². The minimum absolute atomic E-state index is 0.0410. The molecule has 196 valence electrons. The Morgan fingerprint density at radius 2 is 2.00 bits per heavy atom. The van der Waals surface area contributed by atoms with Gasteiger partial charge in [0.25, 0.3) is 11.8 Å². The molecule has 0 bridgehead atoms. The lowest BCUT2D eigenvalue weighted by Gasteiger charge is -2.34. The number of amides is 1. The standard InChI is InChI=1S/C28H37F2IN4O/c1-17(2)26-23(16-35(6)34-26)27(36)32-15-20-9-7-8-10-24(20)33-25(13-19(4)28(5,29)30)22-14-21(31)12-11-18(22)3/h11-14,16-17,20,24,33H,4,7-10,15H2,1-3,5-6H3,(H,32,36)/b25-13+/t20?,24-/m0/s1. The van der Waals surface area contributed by atoms with Gasteiger partial charge in [-0.2, -0.15) is 5.10 Å². The van der Waals surface area contributed by atoms with Crippen molar-refractivity contribution in [2.45, 2.75) is 71.3 Å². The van der Waals surface area contributed by atoms with Gasteiger partial charge in [-0.05, 0) is 78.0 Å². The van der Waals surface area contributed by atoms with Crippen LogP contribution in [0.3, 0.4) is 0 Å². The van der Waals surface area contributed by atoms with Gasteiger partial charge < -0.3 is 10.6 Å². The summed E-state index contributed by atoms with van der Waals surface area (Å²) in [6.45, 7) is 11.0. The molecule has 3 rings (SSSR count). The summed E-state index contributed by atoms with van der Waals surface area (Å²) in [6, 6.07) is 6.05. The summed E-state index contributed by atoms with van der Waals surface area (Å²) in [5.74, 6) is -2.82. The molecule has 1 unspecified atom stereocenters. The van der Waals surface area contributed by atoms with Crippen molar-refractivity contribution in [3.63, 3.8) is 0 Å². The molecule has 0 saturated heterocycles. The molecule has 8 heteroatoms. The normalized spacial score (nSPS) is 18.9. The Bertz CT molecular complexity index is 1130. The molecule has 2 aromatic rings. The van der Waals surface area contributed by atoms with Gasteiger partial charge in [-0.25, -0.2) is 8.78 Å². The molecule has 1 aliphatic rings. The molecule has 2 N–H and O–H groups in total. The molecule has 0 aliphatic heterocycles. The number of aryl methyl sites for hydroxylation is 2. The summed E-state index contributed by atoms with van der Waals surface area (Å²) in [4.78, 5) is 13.0. The second-order valence-electron chi connectivity index (χ2n) is 10.2. The number of carbonyl (C=O) groups is 1. The number of benzene rings is 1. The quantitative estimate of drug-likeness (QED) is 0.249. The fourth-order valence-corrected chi connectivity index (χ4v) is 5.14. The Labute approximate surface area is 226 Å². The fourth-order valence-electron chi connectivity index (χ4n) is 4.65. The highest BCUT2D eigenvalue weighted by Gasteiger charge is 2.29. The first kappa shape index (κ1) is 28.3. The van der Waals surface area contributed by atoms with E-state index in [1.807, 2.05) is 46.0 Å². The molecule has 0 spiro atoms. The largest absolute Gasteiger partial charge is 0.381 e. The van der Waals surface area contributed by atoms with Crippen molar-refractivity contribution in [1.82, 2.24) is 20.4 Å². The van der Waals surface area contributed by atoms with Gasteiger partial charge in [-0.3, -0.25) is 9.48 Å². The van der Waals surface area contributed by atoms with Crippen molar-refractivity contribution < 1.29 is 13.6 Å². The average molecular weight is 611 g/mol. The zero-order chi connectivity index (χ0) is 26.6. The maximum absolute atomic E-state index is 14.1. The maximum atomic E-state index is 14.1. The van der Waals surface area contributed by atoms with Crippen molar-refractivity contribution in [1.29, 1.82) is 0 Å². The molecule has 2 atom stereocenters. The van der Waals surface area contributed by atoms with Crippen molar-refractivity contribution in [2.24, 2.45) is 13.0 Å². The number of hydrogen-bond donors (Lipinski definition) is 2. The summed E-state index contributed by atoms with van der Waals surface area (Å²) >= 11 is 2.24. The van der Waals surface area contributed by atoms with E-state index in [9.17, 15) is 13.6 Å². The van der Waals surface area contributed by atoms with Crippen LogP contribution in [0.25, 0.3) is 5.70 Å². The minimum atomic E-state index is -3.01. The topological polar surface area (TPSA) is 58.9 Å². The highest BCUT2D eigenvalue weighted by atomic mass is 127. The van der Waals surface area contributed by atoms with E-state index in [1.54, 1.807) is 10.9 Å². The van der Waals surface area contributed by atoms with Gasteiger partial charge in [0.15, 0.2) is 0 Å². The third-order valence-electron chi connectivity index (χ3n) is 6.80. The number of rotatable bonds is 9. The number of nitrogens with zero attached hydrogens (tertiary/aromatic N) is 2. The number of halogens is 3. The van der Waals surface area contributed by atoms with E-state index in [0.717, 1.165) is 53.0 Å². The summed E-state index contributed by atoms with van der Waals surface area (Å²) < 4.78 is 30.8. The van der Waals surface area contributed by atoms with Gasteiger partial charge in [0.05, 0.1) is 11.3 Å². The second-order valence-corrected chi connectivity index (χ2v) is 11.4. The third kappa shape index (κ3) is 7.17. The van der Waals surface area contributed by atoms with Crippen LogP contribution in [0.4, 0.5) is 8.78 Å². The third-order valence-corrected chi connectivity index (χ3v) is 7.47. The van der Waals surface area contributed by atoms with Crippen LogP contribution in [-0.4, -0.2) is 34.2 Å². The van der Waals surface area contributed by atoms with Crippen LogP contribution >= 0.6 is 22.6 Å². The van der Waals surface area contributed by atoms with Crippen LogP contribution in [0.2, 0.25) is 0 Å². The molecule has 5 nitrogen and oxygen atoms in total. The number of aromatic nitrogens is 2. The number of hydrogen-bond acceptors (Lipinski definition) is 3. The fraction of sp³-hybridized carbons (Fsp3) is 0.500. The highest BCUT2D eigenvalue weighted by Crippen LogP contribution is 2.31. The smallest absolute Gasteiger partial charge is 0.270 e. The van der Waals surface area contributed by atoms with Crippen LogP contribution in [0.5, 0.6) is 0 Å². The predicted octanol–water partition coefficient (Wildman–Crippen LogP) is 6.59. The van der Waals surface area contributed by atoms with Crippen molar-refractivity contribution in [2.75, 3.05) is 6.54 Å². The second kappa shape index (κ2) is 11.9. The van der Waals surface area contributed by atoms with Gasteiger partial charge in [0.2, 0.25) is 0 Å². The number of nitrogens with one attached hydrogen (secondary N) is 2. The van der Waals surface area contributed by atoms with Crippen LogP contribution in [-0.2, 0) is 7.05 Å². The number of allylic oxidation sites excluding steroid dienone is 2. The molecular weight excluding hydrogens is 573 g/mol.